The van der Waals surface area contributed by atoms with Crippen molar-refractivity contribution in [3.63, 3.8) is 0 Å². The Balaban J connectivity index is 1.98. The fourth-order valence-corrected chi connectivity index (χ4v) is 2.63. The Kier molecular flexibility index (Phi) is 4.53. The molecule has 0 aliphatic rings. The molecule has 2 heterocycles. The predicted octanol–water partition coefficient (Wildman–Crippen LogP) is 1.85. The maximum Gasteiger partial charge on any atom is 0.284 e. The summed E-state index contributed by atoms with van der Waals surface area (Å²) in [4.78, 5) is 28.9. The Morgan fingerprint density at radius 1 is 1.31 bits per heavy atom. The molecule has 0 spiro atoms. The molecule has 1 N–H and O–H groups in total. The Morgan fingerprint density at radius 3 is 2.69 bits per heavy atom. The van der Waals surface area contributed by atoms with Crippen LogP contribution in [-0.4, -0.2) is 36.0 Å². The van der Waals surface area contributed by atoms with Gasteiger partial charge in [0.2, 0.25) is 5.91 Å². The van der Waals surface area contributed by atoms with Crippen molar-refractivity contribution >= 4 is 28.7 Å². The quantitative estimate of drug-likeness (QED) is 0.755. The topological polar surface area (TPSA) is 94.7 Å². The van der Waals surface area contributed by atoms with Gasteiger partial charge in [-0.3, -0.25) is 14.2 Å². The van der Waals surface area contributed by atoms with Crippen LogP contribution in [-0.2, 0) is 11.3 Å². The third-order valence-electron chi connectivity index (χ3n) is 3.66. The zero-order valence-corrected chi connectivity index (χ0v) is 15.7. The van der Waals surface area contributed by atoms with Crippen molar-refractivity contribution < 1.29 is 4.79 Å². The molecule has 0 aliphatic carbocycles. The summed E-state index contributed by atoms with van der Waals surface area (Å²) in [5.74, 6) is -0.279. The molecule has 136 valence electrons. The highest BCUT2D eigenvalue weighted by molar-refractivity contribution is 6.31. The van der Waals surface area contributed by atoms with Gasteiger partial charge in [-0.05, 0) is 45.4 Å². The Hall–Kier alpha value is -2.74. The lowest BCUT2D eigenvalue weighted by molar-refractivity contribution is -0.123. The van der Waals surface area contributed by atoms with Crippen molar-refractivity contribution in [2.45, 2.75) is 39.8 Å². The van der Waals surface area contributed by atoms with Crippen molar-refractivity contribution in [2.24, 2.45) is 0 Å². The molecule has 0 radical (unpaired) electrons. The molecule has 8 nitrogen and oxygen atoms in total. The minimum Gasteiger partial charge on any atom is -0.350 e. The van der Waals surface area contributed by atoms with Gasteiger partial charge >= 0.3 is 0 Å². The molecular weight excluding hydrogens is 356 g/mol. The van der Waals surface area contributed by atoms with E-state index in [1.807, 2.05) is 39.8 Å². The van der Waals surface area contributed by atoms with Crippen LogP contribution in [0.3, 0.4) is 0 Å². The van der Waals surface area contributed by atoms with Crippen LogP contribution >= 0.6 is 11.6 Å². The number of aryl methyl sites for hydroxylation is 1. The molecule has 26 heavy (non-hydrogen) atoms. The van der Waals surface area contributed by atoms with Gasteiger partial charge in [-0.1, -0.05) is 22.9 Å². The molecule has 0 saturated heterocycles. The molecule has 3 rings (SSSR count). The van der Waals surface area contributed by atoms with E-state index in [9.17, 15) is 9.59 Å². The number of hydrogen-bond acceptors (Lipinski definition) is 5. The number of amides is 1. The minimum atomic E-state index is -0.427. The van der Waals surface area contributed by atoms with Gasteiger partial charge in [0.25, 0.3) is 5.56 Å². The minimum absolute atomic E-state index is 0.0905. The molecule has 1 amide bonds. The smallest absolute Gasteiger partial charge is 0.284 e. The summed E-state index contributed by atoms with van der Waals surface area (Å²) >= 11 is 6.16. The molecule has 2 aromatic heterocycles. The van der Waals surface area contributed by atoms with Crippen molar-refractivity contribution in [3.05, 3.63) is 45.5 Å². The first-order valence-corrected chi connectivity index (χ1v) is 8.42. The van der Waals surface area contributed by atoms with Crippen LogP contribution in [0, 0.1) is 6.92 Å². The molecule has 0 bridgehead atoms. The number of carbonyl (C=O) groups is 1. The molecule has 0 unspecified atom stereocenters. The second-order valence-electron chi connectivity index (χ2n) is 7.08. The summed E-state index contributed by atoms with van der Waals surface area (Å²) in [7, 11) is 0. The zero-order chi connectivity index (χ0) is 19.1. The lowest BCUT2D eigenvalue weighted by Crippen LogP contribution is -2.43. The summed E-state index contributed by atoms with van der Waals surface area (Å²) in [6.45, 7) is 7.36. The summed E-state index contributed by atoms with van der Waals surface area (Å²) < 4.78 is 2.66. The van der Waals surface area contributed by atoms with Gasteiger partial charge in [-0.15, -0.1) is 5.10 Å². The molecule has 0 aliphatic heterocycles. The van der Waals surface area contributed by atoms with E-state index < -0.39 is 5.56 Å². The fourth-order valence-electron chi connectivity index (χ4n) is 2.46. The average Bonchev–Trinajstić information content (AvgIpc) is 2.96. The fraction of sp³-hybridized carbons (Fsp3) is 0.353. The maximum atomic E-state index is 12.6. The van der Waals surface area contributed by atoms with E-state index in [2.05, 4.69) is 20.6 Å². The van der Waals surface area contributed by atoms with Gasteiger partial charge in [0.05, 0.1) is 5.69 Å². The molecule has 0 fully saturated rings. The number of rotatable bonds is 3. The van der Waals surface area contributed by atoms with Gasteiger partial charge in [0.1, 0.15) is 12.9 Å². The standard InChI is InChI=1S/C17H19ClN6O2/c1-10-5-6-11(7-12(10)18)24-15-14(21-22-24)16(26)23(9-19-15)8-13(25)20-17(2,3)4/h5-7,9H,8H2,1-4H3,(H,20,25). The highest BCUT2D eigenvalue weighted by Crippen LogP contribution is 2.20. The Bertz CT molecular complexity index is 1050. The van der Waals surface area contributed by atoms with Gasteiger partial charge in [0, 0.05) is 10.6 Å². The van der Waals surface area contributed by atoms with Crippen LogP contribution in [0.4, 0.5) is 0 Å². The molecular formula is C17H19ClN6O2. The van der Waals surface area contributed by atoms with Gasteiger partial charge < -0.3 is 5.32 Å². The first kappa shape index (κ1) is 18.1. The highest BCUT2D eigenvalue weighted by Gasteiger charge is 2.17. The monoisotopic (exact) mass is 374 g/mol. The number of halogens is 1. The van der Waals surface area contributed by atoms with Crippen LogP contribution < -0.4 is 10.9 Å². The van der Waals surface area contributed by atoms with E-state index in [0.717, 1.165) is 5.56 Å². The maximum absolute atomic E-state index is 12.6. The van der Waals surface area contributed by atoms with Gasteiger partial charge in [-0.2, -0.15) is 4.68 Å². The SMILES string of the molecule is Cc1ccc(-n2nnc3c(=O)n(CC(=O)NC(C)(C)C)cnc32)cc1Cl. The van der Waals surface area contributed by atoms with Crippen molar-refractivity contribution in [3.8, 4) is 5.69 Å². The van der Waals surface area contributed by atoms with E-state index in [1.165, 1.54) is 15.6 Å². The summed E-state index contributed by atoms with van der Waals surface area (Å²) in [5, 5.41) is 11.3. The second-order valence-corrected chi connectivity index (χ2v) is 7.49. The van der Waals surface area contributed by atoms with Crippen molar-refractivity contribution in [1.82, 2.24) is 29.9 Å². The summed E-state index contributed by atoms with van der Waals surface area (Å²) in [6.07, 6.45) is 1.32. The third-order valence-corrected chi connectivity index (χ3v) is 4.06. The molecule has 1 aromatic carbocycles. The van der Waals surface area contributed by atoms with Crippen LogP contribution in [0.15, 0.2) is 29.3 Å². The van der Waals surface area contributed by atoms with Crippen LogP contribution in [0.1, 0.15) is 26.3 Å². The lowest BCUT2D eigenvalue weighted by Gasteiger charge is -2.20. The van der Waals surface area contributed by atoms with Gasteiger partial charge in [0.15, 0.2) is 11.2 Å². The first-order valence-electron chi connectivity index (χ1n) is 8.04. The zero-order valence-electron chi connectivity index (χ0n) is 14.9. The average molecular weight is 375 g/mol. The van der Waals surface area contributed by atoms with Crippen LogP contribution in [0.25, 0.3) is 16.9 Å². The molecule has 0 saturated carbocycles. The highest BCUT2D eigenvalue weighted by atomic mass is 35.5. The molecule has 9 heteroatoms. The van der Waals surface area contributed by atoms with E-state index in [0.29, 0.717) is 16.4 Å². The van der Waals surface area contributed by atoms with E-state index in [4.69, 9.17) is 11.6 Å². The van der Waals surface area contributed by atoms with Crippen LogP contribution in [0.5, 0.6) is 0 Å². The Labute approximate surface area is 154 Å². The predicted molar refractivity (Wildman–Crippen MR) is 98.6 cm³/mol. The number of aromatic nitrogens is 5. The summed E-state index contributed by atoms with van der Waals surface area (Å²) in [5.41, 5.74) is 1.17. The number of benzene rings is 1. The van der Waals surface area contributed by atoms with Gasteiger partial charge in [-0.25, -0.2) is 4.98 Å². The molecule has 0 atom stereocenters. The first-order chi connectivity index (χ1) is 12.2. The normalized spacial score (nSPS) is 11.7. The number of hydrogen-bond donors (Lipinski definition) is 1. The number of fused-ring (bicyclic) bond motifs is 1. The largest absolute Gasteiger partial charge is 0.350 e. The van der Waals surface area contributed by atoms with E-state index in [-0.39, 0.29) is 23.5 Å². The second kappa shape index (κ2) is 6.53. The lowest BCUT2D eigenvalue weighted by atomic mass is 10.1. The summed E-state index contributed by atoms with van der Waals surface area (Å²) in [6, 6.07) is 5.40. The number of nitrogens with zero attached hydrogens (tertiary/aromatic N) is 5. The van der Waals surface area contributed by atoms with Crippen molar-refractivity contribution in [2.75, 3.05) is 0 Å². The van der Waals surface area contributed by atoms with Crippen LogP contribution in [0.2, 0.25) is 5.02 Å². The van der Waals surface area contributed by atoms with E-state index in [1.54, 1.807) is 6.07 Å². The molecule has 3 aromatic rings. The van der Waals surface area contributed by atoms with E-state index >= 15 is 0 Å². The Morgan fingerprint density at radius 2 is 2.04 bits per heavy atom. The number of carbonyl (C=O) groups excluding carboxylic acids is 1. The van der Waals surface area contributed by atoms with Crippen molar-refractivity contribution in [1.29, 1.82) is 0 Å². The third kappa shape index (κ3) is 3.60. The number of nitrogens with one attached hydrogen (secondary N) is 1.